The number of piperidine rings is 4. The van der Waals surface area contributed by atoms with Gasteiger partial charge in [0.15, 0.2) is 0 Å². The summed E-state index contributed by atoms with van der Waals surface area (Å²) in [5, 5.41) is 11.0. The van der Waals surface area contributed by atoms with E-state index in [4.69, 9.17) is 113 Å². The molecule has 12 unspecified atom stereocenters. The summed E-state index contributed by atoms with van der Waals surface area (Å²) < 4.78 is 620. The zero-order valence-corrected chi connectivity index (χ0v) is 75.9. The lowest BCUT2D eigenvalue weighted by atomic mass is 10.0. The SMILES string of the molecule is [2H]C([2H])(Nc1cccc2c1C([2H])([2H])N(C1([2H])C(=O)NC(=O)C([2H])([2H])C1([2H])[2H])C2=O)c1cc(C([2H])([2H])N2C([2H])([2H])C([2H])(C)OC([2H])(C)C2([2H])[2H])ccc1F.[2H]C([2H])(Nc1cccc2c1C([2H])([2H])N(C1C(=O)NC(=O)C([2H])([2H])C1([2H])[2H])C2=O)c1cc(C([2H])([2H])N2C([2H])([2H])C([2H])(C)OC([2H])(C)C2([2H])[2H])ccc1F.[2H]C([2H])(Oc1cccc2c1C([2H])([2H])N(C1([2H])CCC(=O)NC1=O)C2=O)c1cc(C([2H])([2H])N2C([2H])([2H])C([2H])(C)OC([2H])(C)C2([2H])[2H])ccc1F.[2H]C([2H])(Oc1cccc2c1C([2H])([2H])N(C1C(=O)NC(=O)C([2H])([2H])C1([2H])[2H])C2=O)c1cc(C([2H])([2H])N2C([2H])([2H])C([2H])(C)OC([2H])(C)C2([2H])[2H])ccc1F. The number of fused-ring (bicyclic) bond motifs is 4. The number of anilines is 2. The molecule has 12 atom stereocenters. The zero-order valence-electron chi connectivity index (χ0n) is 138. The van der Waals surface area contributed by atoms with Gasteiger partial charge in [0.25, 0.3) is 23.6 Å². The number of morpholine rings is 4. The first-order valence-electron chi connectivity index (χ1n) is 73.6. The average molecular weight is 2040 g/mol. The molecule has 0 spiro atoms. The first-order valence-corrected chi connectivity index (χ1v) is 42.6. The van der Waals surface area contributed by atoms with E-state index in [0.717, 1.165) is 146 Å². The van der Waals surface area contributed by atoms with Gasteiger partial charge in [-0.1, -0.05) is 48.5 Å². The zero-order chi connectivity index (χ0) is 157. The van der Waals surface area contributed by atoms with E-state index in [1.165, 1.54) is 11.4 Å². The highest BCUT2D eigenvalue weighted by atomic mass is 19.1. The van der Waals surface area contributed by atoms with Gasteiger partial charge in [0.1, 0.15) is 72.0 Å². The minimum atomic E-state index is -3.87. The number of amides is 12. The summed E-state index contributed by atoms with van der Waals surface area (Å²) in [7, 11) is 0. The van der Waals surface area contributed by atoms with Crippen LogP contribution in [0.5, 0.6) is 11.5 Å². The molecule has 12 aliphatic rings. The number of carbonyl (C=O) groups is 12. The van der Waals surface area contributed by atoms with Gasteiger partial charge in [0.2, 0.25) is 47.3 Å². The van der Waals surface area contributed by atoms with Crippen molar-refractivity contribution >= 4 is 82.3 Å². The molecular weight excluding hydrogens is 1860 g/mol. The van der Waals surface area contributed by atoms with Gasteiger partial charge < -0.3 is 58.7 Å². The first kappa shape index (κ1) is 50.5. The summed E-state index contributed by atoms with van der Waals surface area (Å²) in [6.07, 6.45) is -44.1. The maximum Gasteiger partial charge on any atom is 0.255 e. The van der Waals surface area contributed by atoms with E-state index in [2.05, 4.69) is 10.6 Å². The lowest BCUT2D eigenvalue weighted by Crippen LogP contribution is -2.52. The molecular formula is C108H122F4N14O18. The van der Waals surface area contributed by atoms with Gasteiger partial charge in [-0.05, 0) is 200 Å². The number of carbonyl (C=O) groups excluding carboxylic acids is 12. The van der Waals surface area contributed by atoms with Crippen molar-refractivity contribution in [2.75, 3.05) is 62.6 Å². The summed E-state index contributed by atoms with van der Waals surface area (Å²) in [5.74, 6) is -24.3. The van der Waals surface area contributed by atoms with Crippen molar-refractivity contribution in [2.24, 2.45) is 0 Å². The molecule has 8 fully saturated rings. The van der Waals surface area contributed by atoms with Gasteiger partial charge in [0, 0.05) is 257 Å². The van der Waals surface area contributed by atoms with Crippen LogP contribution in [0.15, 0.2) is 146 Å². The van der Waals surface area contributed by atoms with Crippen molar-refractivity contribution < 1.29 is 189 Å². The van der Waals surface area contributed by atoms with Crippen LogP contribution in [0.3, 0.4) is 0 Å². The van der Waals surface area contributed by atoms with E-state index in [9.17, 15) is 57.5 Å². The van der Waals surface area contributed by atoms with E-state index in [1.807, 2.05) is 5.32 Å². The van der Waals surface area contributed by atoms with Gasteiger partial charge in [-0.2, -0.15) is 0 Å². The van der Waals surface area contributed by atoms with Gasteiger partial charge in [0.05, 0.1) is 97.3 Å². The Morgan fingerprint density at radius 1 is 0.354 bits per heavy atom. The van der Waals surface area contributed by atoms with Crippen LogP contribution in [0.1, 0.15) is 300 Å². The molecule has 8 aromatic carbocycles. The Morgan fingerprint density at radius 3 is 1.02 bits per heavy atom. The molecule has 0 saturated carbocycles. The normalized spacial score (nSPS) is 43.1. The standard InChI is InChI=1S/2C27H31FN4O4.2C27H30FN3O5/c2*1-16-12-31(13-17(2)36-16)14-18-6-7-22(28)19(10-18)11-29-23-5-3-4-20-21(23)15-32(27(20)35)24-8-9-25(33)30-26(24)34;2*1-16-11-30(12-17(2)36-16)13-18-6-7-22(28)19(10-18)15-35-24-5-3-4-20-21(24)14-31(27(20)34)23-8-9-25(32)29-26(23)33/h2*3-7,10,16-17,24,29H,8-9,11-15H2,1-2H3,(H,30,33,34);2*3-7,10,16-17,23H,8-9,11-15H2,1-2H3,(H,29,32,33)/i8D2,9D2,11D2,12D2,13D2,14D2,15D2,16D,17D,24D;2*8D2,9D2,11D2,12D2,13D2,14D2,15D2,16D,17D;11D2,12D2,13D2,14D2,15D2,16D,17D,23D. The Balaban J connectivity index is 0.000000177. The highest BCUT2D eigenvalue weighted by molar-refractivity contribution is 6.09. The third kappa shape index (κ3) is 24.2. The van der Waals surface area contributed by atoms with Crippen molar-refractivity contribution in [1.29, 1.82) is 0 Å². The molecule has 0 bridgehead atoms. The van der Waals surface area contributed by atoms with Crippen LogP contribution >= 0.6 is 0 Å². The number of imide groups is 4. The molecule has 32 nitrogen and oxygen atoms in total. The monoisotopic (exact) mass is 2040 g/mol. The van der Waals surface area contributed by atoms with Crippen molar-refractivity contribution in [1.82, 2.24) is 60.5 Å². The second kappa shape index (κ2) is 45.0. The minimum Gasteiger partial charge on any atom is -0.488 e. The number of hydrogen-bond donors (Lipinski definition) is 6. The van der Waals surface area contributed by atoms with E-state index >= 15 is 17.6 Å². The molecule has 12 amide bonds. The molecule has 8 aromatic rings. The van der Waals surface area contributed by atoms with Crippen LogP contribution in [-0.4, -0.2) is 235 Å². The van der Waals surface area contributed by atoms with Gasteiger partial charge in [-0.3, -0.25) is 98.4 Å². The highest BCUT2D eigenvalue weighted by Crippen LogP contribution is 2.40. The molecule has 36 heteroatoms. The van der Waals surface area contributed by atoms with Crippen LogP contribution in [0.2, 0.25) is 0 Å². The largest absolute Gasteiger partial charge is 0.488 e. The van der Waals surface area contributed by atoms with Crippen LogP contribution in [0.25, 0.3) is 0 Å². The average Bonchev–Trinajstić information content (AvgIpc) is 1.52. The minimum absolute atomic E-state index is 0.0415. The Kier molecular flexibility index (Phi) is 15.8. The smallest absolute Gasteiger partial charge is 0.255 e. The lowest BCUT2D eigenvalue weighted by Gasteiger charge is -2.35. The topological polar surface area (TPSA) is 358 Å². The summed E-state index contributed by atoms with van der Waals surface area (Å²) >= 11 is 0. The molecule has 12 aliphatic heterocycles. The molecule has 8 saturated heterocycles. The summed E-state index contributed by atoms with van der Waals surface area (Å²) in [5.41, 5.74) is -13.5. The number of ether oxygens (including phenoxy) is 6. The Hall–Kier alpha value is -13.2. The van der Waals surface area contributed by atoms with Crippen LogP contribution in [0.4, 0.5) is 28.9 Å². The second-order valence-corrected chi connectivity index (χ2v) is 31.3. The molecule has 0 radical (unpaired) electrons. The first-order chi connectivity index (χ1) is 92.1. The molecule has 6 N–H and O–H groups in total. The van der Waals surface area contributed by atoms with Gasteiger partial charge in [-0.25, -0.2) is 17.6 Å². The number of hydrogen-bond acceptors (Lipinski definition) is 24. The van der Waals surface area contributed by atoms with E-state index in [-0.39, 0.29) is 40.7 Å². The van der Waals surface area contributed by atoms with Crippen molar-refractivity contribution in [2.45, 2.75) is 257 Å². The summed E-state index contributed by atoms with van der Waals surface area (Å²) in [6, 6.07) is 8.72. The number of nitrogens with one attached hydrogen (secondary N) is 6. The fraction of sp³-hybridized carbons (Fsp3) is 0.444. The highest BCUT2D eigenvalue weighted by Gasteiger charge is 2.46. The fourth-order valence-electron chi connectivity index (χ4n) is 14.6. The second-order valence-electron chi connectivity index (χ2n) is 31.3. The number of nitrogens with zero attached hydrogens (tertiary/aromatic N) is 8. The van der Waals surface area contributed by atoms with E-state index < -0.39 is 454 Å². The quantitative estimate of drug-likeness (QED) is 0.0242. The number of rotatable bonds is 24. The Labute approximate surface area is 919 Å². The third-order valence-corrected chi connectivity index (χ3v) is 20.7. The lowest BCUT2D eigenvalue weighted by molar-refractivity contribution is -0.138. The molecule has 0 aromatic heterocycles. The Morgan fingerprint density at radius 2 is 0.646 bits per heavy atom. The molecule has 12 heterocycles. The number of benzene rings is 8. The summed E-state index contributed by atoms with van der Waals surface area (Å²) in [4.78, 5) is 154. The van der Waals surface area contributed by atoms with Crippen LogP contribution in [-0.2, 0) is 135 Å². The molecule has 760 valence electrons. The van der Waals surface area contributed by atoms with Gasteiger partial charge >= 0.3 is 0 Å². The van der Waals surface area contributed by atoms with Crippen LogP contribution < -0.4 is 41.4 Å². The van der Waals surface area contributed by atoms with Crippen molar-refractivity contribution in [3.05, 3.63) is 258 Å². The predicted molar refractivity (Wildman–Crippen MR) is 520 cm³/mol. The van der Waals surface area contributed by atoms with Crippen LogP contribution in [0, 0.1) is 23.3 Å². The van der Waals surface area contributed by atoms with Crippen molar-refractivity contribution in [3.63, 3.8) is 0 Å². The third-order valence-electron chi connectivity index (χ3n) is 20.7. The van der Waals surface area contributed by atoms with E-state index in [1.54, 1.807) is 10.6 Å². The molecule has 0 aliphatic carbocycles. The van der Waals surface area contributed by atoms with Gasteiger partial charge in [-0.15, -0.1) is 0 Å². The predicted octanol–water partition coefficient (Wildman–Crippen LogP) is 11.2. The maximum atomic E-state index is 15.5. The Bertz CT molecular complexity index is 9240. The maximum absolute atomic E-state index is 15.5. The number of halogens is 4. The fourth-order valence-corrected chi connectivity index (χ4v) is 14.6. The summed E-state index contributed by atoms with van der Waals surface area (Å²) in [6.45, 7) is -58.9. The van der Waals surface area contributed by atoms with E-state index in [0.29, 0.717) is 53.4 Å². The van der Waals surface area contributed by atoms with Crippen molar-refractivity contribution in [3.8, 4) is 11.5 Å². The molecule has 20 rings (SSSR count). The molecule has 144 heavy (non-hydrogen) atoms.